The van der Waals surface area contributed by atoms with Crippen LogP contribution >= 0.6 is 0 Å². The zero-order valence-electron chi connectivity index (χ0n) is 7.79. The second kappa shape index (κ2) is 4.47. The van der Waals surface area contributed by atoms with Crippen LogP contribution < -0.4 is 4.74 Å². The van der Waals surface area contributed by atoms with E-state index in [0.29, 0.717) is 0 Å². The van der Waals surface area contributed by atoms with Gasteiger partial charge in [-0.15, -0.1) is 13.2 Å². The quantitative estimate of drug-likeness (QED) is 0.361. The van der Waals surface area contributed by atoms with Crippen LogP contribution in [0.2, 0.25) is 0 Å². The van der Waals surface area contributed by atoms with E-state index in [0.717, 1.165) is 0 Å². The Kier molecular flexibility index (Phi) is 3.44. The molecule has 0 aliphatic heterocycles. The second-order valence-corrected chi connectivity index (χ2v) is 2.68. The number of rotatable bonds is 3. The van der Waals surface area contributed by atoms with Crippen LogP contribution in [0.3, 0.4) is 0 Å². The third-order valence-corrected chi connectivity index (χ3v) is 1.61. The van der Waals surface area contributed by atoms with E-state index in [9.17, 15) is 32.1 Å². The van der Waals surface area contributed by atoms with Gasteiger partial charge >= 0.3 is 12.0 Å². The molecule has 1 aromatic heterocycles. The monoisotopic (exact) mass is 258 g/mol. The van der Waals surface area contributed by atoms with E-state index in [1.165, 1.54) is 0 Å². The summed E-state index contributed by atoms with van der Waals surface area (Å²) in [5.41, 5.74) is -2.63. The Morgan fingerprint density at radius 1 is 1.47 bits per heavy atom. The molecule has 0 radical (unpaired) electrons. The Labute approximate surface area is 90.0 Å². The maximum Gasteiger partial charge on any atom is 0.573 e. The predicted molar refractivity (Wildman–Crippen MR) is 42.3 cm³/mol. The van der Waals surface area contributed by atoms with E-state index in [4.69, 9.17) is 0 Å². The summed E-state index contributed by atoms with van der Waals surface area (Å²) >= 11 is 0. The van der Waals surface area contributed by atoms with Crippen LogP contribution in [0.1, 0.15) is 5.56 Å². The van der Waals surface area contributed by atoms with Gasteiger partial charge in [0, 0.05) is 0 Å². The summed E-state index contributed by atoms with van der Waals surface area (Å²) in [5, 5.41) is 10.4. The lowest BCUT2D eigenvalue weighted by Crippen LogP contribution is -2.19. The van der Waals surface area contributed by atoms with Crippen molar-refractivity contribution >= 4 is 5.69 Å². The van der Waals surface area contributed by atoms with Crippen LogP contribution in [0, 0.1) is 16.1 Å². The van der Waals surface area contributed by atoms with Crippen LogP contribution in [0.15, 0.2) is 6.20 Å². The molecule has 0 fully saturated rings. The minimum Gasteiger partial charge on any atom is -0.397 e. The molecule has 0 aromatic carbocycles. The maximum absolute atomic E-state index is 12.8. The van der Waals surface area contributed by atoms with Crippen molar-refractivity contribution in [1.82, 2.24) is 4.98 Å². The number of pyridine rings is 1. The molecule has 1 heterocycles. The van der Waals surface area contributed by atoms with E-state index in [1.807, 2.05) is 0 Å². The number of alkyl halides is 4. The van der Waals surface area contributed by atoms with Crippen LogP contribution in [-0.4, -0.2) is 16.3 Å². The van der Waals surface area contributed by atoms with Crippen molar-refractivity contribution in [2.45, 2.75) is 13.0 Å². The molecule has 0 atom stereocenters. The van der Waals surface area contributed by atoms with Gasteiger partial charge in [-0.1, -0.05) is 0 Å². The van der Waals surface area contributed by atoms with Gasteiger partial charge in [-0.3, -0.25) is 10.1 Å². The van der Waals surface area contributed by atoms with Crippen molar-refractivity contribution in [2.24, 2.45) is 0 Å². The maximum atomic E-state index is 12.8. The van der Waals surface area contributed by atoms with Gasteiger partial charge in [-0.25, -0.2) is 9.37 Å². The highest BCUT2D eigenvalue weighted by Crippen LogP contribution is 2.35. The summed E-state index contributed by atoms with van der Waals surface area (Å²) in [7, 11) is 0. The molecule has 0 aliphatic rings. The molecule has 5 nitrogen and oxygen atoms in total. The van der Waals surface area contributed by atoms with E-state index < -0.39 is 40.9 Å². The van der Waals surface area contributed by atoms with Gasteiger partial charge in [0.25, 0.3) is 0 Å². The zero-order valence-corrected chi connectivity index (χ0v) is 7.79. The molecule has 0 aliphatic carbocycles. The van der Waals surface area contributed by atoms with E-state index >= 15 is 0 Å². The first kappa shape index (κ1) is 13.1. The zero-order chi connectivity index (χ0) is 13.2. The lowest BCUT2D eigenvalue weighted by atomic mass is 10.2. The first-order chi connectivity index (χ1) is 7.76. The van der Waals surface area contributed by atoms with Crippen LogP contribution in [0.5, 0.6) is 5.75 Å². The van der Waals surface area contributed by atoms with Crippen LogP contribution in [-0.2, 0) is 6.67 Å². The Bertz CT molecular complexity index is 448. The summed E-state index contributed by atoms with van der Waals surface area (Å²) in [6.45, 7) is -1.68. The summed E-state index contributed by atoms with van der Waals surface area (Å²) in [6.07, 6.45) is -5.06. The SMILES string of the molecule is O=[N+]([O-])c1c(OC(F)(F)F)cnc(F)c1CF. The normalized spacial score (nSPS) is 11.4. The van der Waals surface area contributed by atoms with Gasteiger partial charge < -0.3 is 4.74 Å². The van der Waals surface area contributed by atoms with Gasteiger partial charge in [0.2, 0.25) is 11.7 Å². The molecule has 0 saturated carbocycles. The first-order valence-corrected chi connectivity index (χ1v) is 3.89. The van der Waals surface area contributed by atoms with Gasteiger partial charge in [-0.2, -0.15) is 4.39 Å². The minimum absolute atomic E-state index is 0.167. The van der Waals surface area contributed by atoms with Gasteiger partial charge in [0.1, 0.15) is 12.2 Å². The Balaban J connectivity index is 3.36. The Hall–Kier alpha value is -2.00. The second-order valence-electron chi connectivity index (χ2n) is 2.68. The molecule has 0 unspecified atom stereocenters. The average Bonchev–Trinajstić information content (AvgIpc) is 2.17. The number of ether oxygens (including phenoxy) is 1. The topological polar surface area (TPSA) is 65.3 Å². The highest BCUT2D eigenvalue weighted by atomic mass is 19.4. The Morgan fingerprint density at radius 2 is 2.06 bits per heavy atom. The highest BCUT2D eigenvalue weighted by molar-refractivity contribution is 5.50. The third kappa shape index (κ3) is 2.98. The molecule has 0 N–H and O–H groups in total. The van der Waals surface area contributed by atoms with Crippen molar-refractivity contribution < 1.29 is 31.6 Å². The summed E-state index contributed by atoms with van der Waals surface area (Å²) < 4.78 is 64.0. The number of hydrogen-bond donors (Lipinski definition) is 0. The van der Waals surface area contributed by atoms with Gasteiger partial charge in [0.05, 0.1) is 11.1 Å². The standard InChI is InChI=1S/C7H3F5N2O3/c8-1-3-5(14(15)16)4(2-13-6(3)9)17-7(10,11)12/h2H,1H2. The molecule has 0 bridgehead atoms. The van der Waals surface area contributed by atoms with Gasteiger partial charge in [0.15, 0.2) is 0 Å². The largest absolute Gasteiger partial charge is 0.573 e. The molecule has 0 spiro atoms. The van der Waals surface area contributed by atoms with Crippen LogP contribution in [0.25, 0.3) is 0 Å². The van der Waals surface area contributed by atoms with Gasteiger partial charge in [-0.05, 0) is 0 Å². The smallest absolute Gasteiger partial charge is 0.397 e. The van der Waals surface area contributed by atoms with E-state index in [-0.39, 0.29) is 6.20 Å². The van der Waals surface area contributed by atoms with Crippen molar-refractivity contribution in [3.05, 3.63) is 27.8 Å². The molecule has 0 saturated heterocycles. The van der Waals surface area contributed by atoms with E-state index in [2.05, 4.69) is 9.72 Å². The molecule has 1 rings (SSSR count). The van der Waals surface area contributed by atoms with Crippen LogP contribution in [0.4, 0.5) is 27.6 Å². The summed E-state index contributed by atoms with van der Waals surface area (Å²) in [4.78, 5) is 11.8. The molecule has 1 aromatic rings. The molecule has 0 amide bonds. The molecular weight excluding hydrogens is 255 g/mol. The number of halogens is 5. The fourth-order valence-electron chi connectivity index (χ4n) is 1.02. The van der Waals surface area contributed by atoms with Crippen molar-refractivity contribution in [2.75, 3.05) is 0 Å². The number of aromatic nitrogens is 1. The van der Waals surface area contributed by atoms with E-state index in [1.54, 1.807) is 0 Å². The highest BCUT2D eigenvalue weighted by Gasteiger charge is 2.36. The van der Waals surface area contributed by atoms with Crippen molar-refractivity contribution in [3.8, 4) is 5.75 Å². The number of nitrogens with zero attached hydrogens (tertiary/aromatic N) is 2. The van der Waals surface area contributed by atoms with Crippen molar-refractivity contribution in [1.29, 1.82) is 0 Å². The first-order valence-electron chi connectivity index (χ1n) is 3.89. The molecular formula is C7H3F5N2O3. The van der Waals surface area contributed by atoms with Crippen molar-refractivity contribution in [3.63, 3.8) is 0 Å². The third-order valence-electron chi connectivity index (χ3n) is 1.61. The predicted octanol–water partition coefficient (Wildman–Crippen LogP) is 2.50. The molecule has 10 heteroatoms. The number of hydrogen-bond acceptors (Lipinski definition) is 4. The minimum atomic E-state index is -5.22. The summed E-state index contributed by atoms with van der Waals surface area (Å²) in [5.74, 6) is -2.93. The summed E-state index contributed by atoms with van der Waals surface area (Å²) in [6, 6.07) is 0. The molecule has 17 heavy (non-hydrogen) atoms. The molecule has 94 valence electrons. The number of nitro groups is 1. The fourth-order valence-corrected chi connectivity index (χ4v) is 1.02. The lowest BCUT2D eigenvalue weighted by Gasteiger charge is -2.10. The fraction of sp³-hybridized carbons (Fsp3) is 0.286. The Morgan fingerprint density at radius 3 is 2.47 bits per heavy atom. The average molecular weight is 258 g/mol. The lowest BCUT2D eigenvalue weighted by molar-refractivity contribution is -0.389.